The number of carbonyl (C=O) groups excluding carboxylic acids is 11. The first-order valence-corrected chi connectivity index (χ1v) is 52.4. The van der Waals surface area contributed by atoms with Crippen molar-refractivity contribution in [2.24, 2.45) is 29.2 Å². The monoisotopic (exact) mass is 1910 g/mol. The number of ketones is 5. The summed E-state index contributed by atoms with van der Waals surface area (Å²) >= 11 is 15.8. The van der Waals surface area contributed by atoms with Gasteiger partial charge in [-0.05, 0) is 243 Å². The van der Waals surface area contributed by atoms with Crippen LogP contribution < -0.4 is 64.3 Å². The van der Waals surface area contributed by atoms with Crippen LogP contribution in [0.1, 0.15) is 226 Å². The number of aromatic carboxylic acids is 1. The Morgan fingerprint density at radius 2 is 0.727 bits per heavy atom. The van der Waals surface area contributed by atoms with Crippen molar-refractivity contribution >= 4 is 201 Å². The maximum absolute atomic E-state index is 13.2. The van der Waals surface area contributed by atoms with E-state index < -0.39 is 17.8 Å². The number of primary amides is 1. The Hall–Kier alpha value is -5.28. The molecule has 0 aliphatic heterocycles. The van der Waals surface area contributed by atoms with Gasteiger partial charge in [0.25, 0.3) is 0 Å². The van der Waals surface area contributed by atoms with E-state index in [4.69, 9.17) is 25.2 Å². The Balaban J connectivity index is -0.000000170. The lowest BCUT2D eigenvalue weighted by atomic mass is 9.93. The molecule has 3 aromatic carbocycles. The molecular weight excluding hydrogens is 1770 g/mol. The van der Waals surface area contributed by atoms with Crippen molar-refractivity contribution in [2.45, 2.75) is 207 Å². The second kappa shape index (κ2) is 95.4. The average Bonchev–Trinajstić information content (AvgIpc) is 0.855. The van der Waals surface area contributed by atoms with Gasteiger partial charge in [-0.25, -0.2) is 14.8 Å². The van der Waals surface area contributed by atoms with Crippen LogP contribution in [0.25, 0.3) is 0 Å². The molecular formula is C83H143N13O13P2S10. The topological polar surface area (TPSA) is 549 Å². The molecule has 121 heavy (non-hydrogen) atoms. The smallest absolute Gasteiger partial charge is 0.335 e. The van der Waals surface area contributed by atoms with Gasteiger partial charge < -0.3 is 83.8 Å². The number of unbranched alkanes of at least 4 members (excludes halogenated alkanes) is 5. The fourth-order valence-electron chi connectivity index (χ4n) is 11.1. The molecule has 26 N–H and O–H groups in total. The van der Waals surface area contributed by atoms with E-state index in [1.165, 1.54) is 18.2 Å². The number of nitrogens with one attached hydrogen (secondary N) is 3. The first-order chi connectivity index (χ1) is 55.6. The minimum atomic E-state index is -0.847. The zero-order valence-corrected chi connectivity index (χ0v) is 83.2. The number of hydrogen-bond donors (Lipinski definition) is 12. The molecule has 5 rings (SSSR count). The highest BCUT2D eigenvalue weighted by Crippen LogP contribution is 2.36. The lowest BCUT2D eigenvalue weighted by Crippen LogP contribution is -2.29. The Bertz CT molecular complexity index is 3400. The number of Topliss-reactive ketones (excluding diaryl/α,β-unsaturated/α-hetero) is 5. The number of carbonyl (C=O) groups is 12. The Morgan fingerprint density at radius 1 is 0.430 bits per heavy atom. The number of amides is 3. The third kappa shape index (κ3) is 71.6. The molecule has 2 aromatic heterocycles. The lowest BCUT2D eigenvalue weighted by molar-refractivity contribution is -0.129. The summed E-state index contributed by atoms with van der Waals surface area (Å²) in [5.74, 6) is 3.75. The molecule has 3 amide bonds. The van der Waals surface area contributed by atoms with Gasteiger partial charge >= 0.3 is 5.97 Å². The number of thioether (sulfide) groups is 4. The molecule has 0 aliphatic carbocycles. The molecule has 0 fully saturated rings. The molecule has 0 radical (unpaired) electrons. The zero-order valence-electron chi connectivity index (χ0n) is 73.3. The van der Waals surface area contributed by atoms with Crippen molar-refractivity contribution in [1.29, 1.82) is 0 Å². The van der Waals surface area contributed by atoms with Gasteiger partial charge in [0.2, 0.25) is 17.7 Å². The summed E-state index contributed by atoms with van der Waals surface area (Å²) < 4.78 is 0. The number of rotatable bonds is 52. The van der Waals surface area contributed by atoms with Crippen molar-refractivity contribution in [1.82, 2.24) is 62.8 Å². The van der Waals surface area contributed by atoms with Crippen LogP contribution in [0.3, 0.4) is 0 Å². The van der Waals surface area contributed by atoms with Crippen molar-refractivity contribution in [3.63, 3.8) is 0 Å². The average molecular weight is 1910 g/mol. The third-order valence-electron chi connectivity index (χ3n) is 16.1. The highest BCUT2D eigenvalue weighted by molar-refractivity contribution is 8.76. The Labute approximate surface area is 769 Å². The molecule has 26 nitrogen and oxygen atoms in total. The van der Waals surface area contributed by atoms with E-state index in [0.29, 0.717) is 63.4 Å². The summed E-state index contributed by atoms with van der Waals surface area (Å²) in [5, 5.41) is 19.3. The molecule has 3 unspecified atom stereocenters. The fourth-order valence-corrected chi connectivity index (χ4v) is 17.0. The van der Waals surface area contributed by atoms with E-state index in [9.17, 15) is 43.2 Å². The summed E-state index contributed by atoms with van der Waals surface area (Å²) in [6, 6.07) is 29.8. The molecule has 0 saturated heterocycles. The molecule has 38 heteroatoms. The standard InChI is InChI=1S/C31H37N3O3S4.C24H37NO3S2.C13H26N2O2.C11H14O2S2.CH5N.3CH2O.6H3N.P2S2/c1-2-10-27(35)20-25(31(32)37)11-4-3-5-12-28(36)26-18-23(21-38-40-29-13-6-8-15-33-29)17-24(19-26)22-39-41-30-14-7-9-16-34-30;1-5-9-22(26)15-20(24(28)25-2)10-7-6-8-11-23(27)21-13-18(16-29-3)12-19(14-21)17-30-4;1-4-7-12(16)10-11(13(17)15-3)8-5-6-9-14-2;1-14-6-8-3-9(7-15-2)5-10(4-8)11(12)13;4*1-2;;;;;;;3-1-2-4/h6-9,13-19,25H,2-5,10-12,20-22H2,1H3,(H2,32,37);12-14,20H,5-11,15-17H2,1-4H3,(H,25,28);11,14H,4-10H2,1-3H3,(H,15,17);3-5H,6-7H2,1-2H3,(H,12,13);2H2,1H3;3*1H2;6*1H3;. The Kier molecular flexibility index (Phi) is 107. The summed E-state index contributed by atoms with van der Waals surface area (Å²) in [6.07, 6.45) is 26.8. The van der Waals surface area contributed by atoms with Gasteiger partial charge in [0.15, 0.2) is 11.6 Å². The van der Waals surface area contributed by atoms with Crippen LogP contribution in [0.2, 0.25) is 0 Å². The molecule has 688 valence electrons. The predicted octanol–water partition coefficient (Wildman–Crippen LogP) is 20.3. The summed E-state index contributed by atoms with van der Waals surface area (Å²) in [7, 11) is 15.1. The maximum atomic E-state index is 13.2. The summed E-state index contributed by atoms with van der Waals surface area (Å²) in [4.78, 5) is 140. The fraction of sp³-hybridized carbons (Fsp3) is 0.518. The number of carboxylic acids is 1. The number of nitrogens with zero attached hydrogens (tertiary/aromatic N) is 2. The first kappa shape index (κ1) is 136. The van der Waals surface area contributed by atoms with Crippen LogP contribution in [-0.2, 0) is 101 Å². The van der Waals surface area contributed by atoms with Crippen molar-refractivity contribution < 1.29 is 62.6 Å². The van der Waals surface area contributed by atoms with Gasteiger partial charge in [0.05, 0.1) is 5.56 Å². The van der Waals surface area contributed by atoms with Crippen LogP contribution in [0.15, 0.2) is 113 Å². The van der Waals surface area contributed by atoms with Crippen molar-refractivity contribution in [2.75, 3.05) is 59.8 Å². The molecule has 0 saturated carbocycles. The Morgan fingerprint density at radius 3 is 0.992 bits per heavy atom. The second-order valence-corrected chi connectivity index (χ2v) is 37.5. The summed E-state index contributed by atoms with van der Waals surface area (Å²) in [6.45, 7) is 12.9. The SMILES string of the molecule is C=O.C=O.C=O.CCCC(=O)CC(CCCCCC(=O)c1cc(CSC)cc(CSC)c1)C(=O)NC.CCCC(=O)CC(CCCCCC(=O)c1cc(CSSc2ccccn2)cc(CSSc2ccccn2)c1)C(N)=O.CCCC(=O)CC(CCCCNC)C(=O)NC.CN.CSCc1cc(CSC)cc(C(=O)O)c1.N.N.N.N.N.N.S=PP=S. The van der Waals surface area contributed by atoms with Crippen LogP contribution in [0.4, 0.5) is 0 Å². The van der Waals surface area contributed by atoms with Gasteiger partial charge in [-0.15, -0.1) is 0 Å². The predicted molar refractivity (Wildman–Crippen MR) is 532 cm³/mol. The number of pyridine rings is 2. The number of aromatic nitrogens is 2. The van der Waals surface area contributed by atoms with E-state index in [-0.39, 0.29) is 95.9 Å². The van der Waals surface area contributed by atoms with E-state index in [1.807, 2.05) is 121 Å². The van der Waals surface area contributed by atoms with Crippen LogP contribution in [0, 0.1) is 17.8 Å². The minimum Gasteiger partial charge on any atom is -0.478 e. The number of benzene rings is 3. The third-order valence-corrected chi connectivity index (χ3v) is 25.7. The highest BCUT2D eigenvalue weighted by Gasteiger charge is 2.23. The van der Waals surface area contributed by atoms with Crippen LogP contribution in [-0.4, -0.2) is 148 Å². The molecule has 0 aliphatic rings. The van der Waals surface area contributed by atoms with Crippen molar-refractivity contribution in [3.05, 3.63) is 153 Å². The number of carboxylic acid groups (broad SMARTS) is 1. The molecule has 0 spiro atoms. The number of hydrogen-bond acceptors (Lipinski definition) is 32. The van der Waals surface area contributed by atoms with E-state index in [0.717, 1.165) is 176 Å². The summed E-state index contributed by atoms with van der Waals surface area (Å²) in [5.41, 5.74) is 18.8. The maximum Gasteiger partial charge on any atom is 0.335 e. The molecule has 0 bridgehead atoms. The zero-order chi connectivity index (χ0) is 87.4. The van der Waals surface area contributed by atoms with Gasteiger partial charge in [-0.2, -0.15) is 47.0 Å². The van der Waals surface area contributed by atoms with Crippen molar-refractivity contribution in [3.8, 4) is 0 Å². The van der Waals surface area contributed by atoms with Gasteiger partial charge in [0, 0.05) is 155 Å². The van der Waals surface area contributed by atoms with E-state index in [2.05, 4.69) is 86.0 Å². The highest BCUT2D eigenvalue weighted by atomic mass is 33.1. The second-order valence-electron chi connectivity index (χ2n) is 25.2. The quantitative estimate of drug-likeness (QED) is 0.00744. The van der Waals surface area contributed by atoms with Gasteiger partial charge in [-0.3, -0.25) is 38.4 Å². The largest absolute Gasteiger partial charge is 0.478 e. The molecule has 3 atom stereocenters. The van der Waals surface area contributed by atoms with E-state index in [1.54, 1.807) is 129 Å². The molecule has 2 heterocycles. The first-order valence-electron chi connectivity index (χ1n) is 37.7. The van der Waals surface area contributed by atoms with Crippen LogP contribution >= 0.6 is 104 Å². The normalized spacial score (nSPS) is 10.3. The lowest BCUT2D eigenvalue weighted by Gasteiger charge is -2.14. The molecule has 5 aromatic rings. The van der Waals surface area contributed by atoms with Crippen LogP contribution in [0.5, 0.6) is 0 Å². The van der Waals surface area contributed by atoms with E-state index >= 15 is 0 Å². The van der Waals surface area contributed by atoms with Gasteiger partial charge in [-0.1, -0.05) is 105 Å². The number of nitrogens with two attached hydrogens (primary N) is 2. The minimum absolute atomic E-state index is 0. The van der Waals surface area contributed by atoms with Gasteiger partial charge in [0.1, 0.15) is 47.8 Å².